The minimum absolute atomic E-state index is 0.123. The van der Waals surface area contributed by atoms with Gasteiger partial charge in [-0.25, -0.2) is 9.97 Å². The zero-order valence-electron chi connectivity index (χ0n) is 13.0. The molecule has 6 heteroatoms. The molecular formula is C14H25N5O. The van der Waals surface area contributed by atoms with Gasteiger partial charge in [-0.3, -0.25) is 4.79 Å². The molecule has 4 N–H and O–H groups in total. The minimum atomic E-state index is -0.389. The number of rotatable bonds is 5. The van der Waals surface area contributed by atoms with Gasteiger partial charge in [0.15, 0.2) is 0 Å². The third kappa shape index (κ3) is 4.68. The molecule has 0 aliphatic heterocycles. The normalized spacial score (nSPS) is 11.7. The third-order valence-corrected chi connectivity index (χ3v) is 2.66. The molecule has 0 aliphatic carbocycles. The van der Waals surface area contributed by atoms with Crippen molar-refractivity contribution in [2.75, 3.05) is 23.7 Å². The molecule has 0 saturated heterocycles. The van der Waals surface area contributed by atoms with Crippen LogP contribution in [0.1, 0.15) is 40.4 Å². The van der Waals surface area contributed by atoms with Crippen molar-refractivity contribution < 1.29 is 4.79 Å². The fourth-order valence-corrected chi connectivity index (χ4v) is 1.82. The molecule has 0 bridgehead atoms. The van der Waals surface area contributed by atoms with E-state index in [0.29, 0.717) is 29.9 Å². The van der Waals surface area contributed by atoms with Gasteiger partial charge in [0.1, 0.15) is 17.5 Å². The van der Waals surface area contributed by atoms with E-state index in [-0.39, 0.29) is 17.9 Å². The van der Waals surface area contributed by atoms with Crippen LogP contribution in [0.2, 0.25) is 0 Å². The first-order valence-corrected chi connectivity index (χ1v) is 6.78. The van der Waals surface area contributed by atoms with Gasteiger partial charge in [0.2, 0.25) is 5.91 Å². The maximum Gasteiger partial charge on any atom is 0.236 e. The molecule has 1 aromatic rings. The lowest BCUT2D eigenvalue weighted by atomic mass is 9.96. The van der Waals surface area contributed by atoms with E-state index in [2.05, 4.69) is 23.8 Å². The maximum atomic E-state index is 11.2. The van der Waals surface area contributed by atoms with E-state index in [1.807, 2.05) is 25.7 Å². The molecule has 1 rings (SSSR count). The van der Waals surface area contributed by atoms with Crippen LogP contribution in [-0.4, -0.2) is 29.0 Å². The Kier molecular flexibility index (Phi) is 4.92. The quantitative estimate of drug-likeness (QED) is 0.846. The predicted molar refractivity (Wildman–Crippen MR) is 81.4 cm³/mol. The molecule has 20 heavy (non-hydrogen) atoms. The van der Waals surface area contributed by atoms with Crippen LogP contribution in [0.25, 0.3) is 0 Å². The molecule has 0 atom stereocenters. The van der Waals surface area contributed by atoms with Crippen LogP contribution in [0, 0.1) is 5.92 Å². The smallest absolute Gasteiger partial charge is 0.236 e. The Hall–Kier alpha value is -1.85. The van der Waals surface area contributed by atoms with E-state index in [4.69, 9.17) is 11.5 Å². The fourth-order valence-electron chi connectivity index (χ4n) is 1.82. The average molecular weight is 279 g/mol. The van der Waals surface area contributed by atoms with E-state index in [0.717, 1.165) is 0 Å². The van der Waals surface area contributed by atoms with Crippen LogP contribution in [0.5, 0.6) is 0 Å². The SMILES string of the molecule is CC(C)CN(CC(N)=O)c1cc(N)nc(C(C)(C)C)n1. The van der Waals surface area contributed by atoms with E-state index >= 15 is 0 Å². The lowest BCUT2D eigenvalue weighted by Crippen LogP contribution is -2.37. The number of nitrogen functional groups attached to an aromatic ring is 1. The summed E-state index contributed by atoms with van der Waals surface area (Å²) >= 11 is 0. The Morgan fingerprint density at radius 3 is 2.40 bits per heavy atom. The van der Waals surface area contributed by atoms with Gasteiger partial charge in [0.25, 0.3) is 0 Å². The molecule has 0 saturated carbocycles. The zero-order chi connectivity index (χ0) is 15.5. The molecule has 0 unspecified atom stereocenters. The Bertz CT molecular complexity index is 479. The number of anilines is 2. The van der Waals surface area contributed by atoms with Crippen LogP contribution in [0.4, 0.5) is 11.6 Å². The van der Waals surface area contributed by atoms with Crippen LogP contribution < -0.4 is 16.4 Å². The lowest BCUT2D eigenvalue weighted by molar-refractivity contribution is -0.116. The van der Waals surface area contributed by atoms with E-state index in [1.165, 1.54) is 0 Å². The van der Waals surface area contributed by atoms with Crippen molar-refractivity contribution in [3.8, 4) is 0 Å². The number of nitrogens with two attached hydrogens (primary N) is 2. The summed E-state index contributed by atoms with van der Waals surface area (Å²) in [5.41, 5.74) is 11.0. The zero-order valence-corrected chi connectivity index (χ0v) is 13.0. The summed E-state index contributed by atoms with van der Waals surface area (Å²) in [7, 11) is 0. The van der Waals surface area contributed by atoms with Gasteiger partial charge in [0, 0.05) is 18.0 Å². The number of nitrogens with zero attached hydrogens (tertiary/aromatic N) is 3. The van der Waals surface area contributed by atoms with Crippen molar-refractivity contribution >= 4 is 17.5 Å². The first-order chi connectivity index (χ1) is 9.09. The number of carbonyl (C=O) groups excluding carboxylic acids is 1. The highest BCUT2D eigenvalue weighted by Gasteiger charge is 2.21. The number of carbonyl (C=O) groups is 1. The molecule has 1 amide bonds. The summed E-state index contributed by atoms with van der Waals surface area (Å²) in [6.07, 6.45) is 0. The highest BCUT2D eigenvalue weighted by molar-refractivity contribution is 5.79. The molecule has 0 aromatic carbocycles. The summed E-state index contributed by atoms with van der Waals surface area (Å²) < 4.78 is 0. The summed E-state index contributed by atoms with van der Waals surface area (Å²) in [4.78, 5) is 21.9. The van der Waals surface area contributed by atoms with Gasteiger partial charge in [-0.1, -0.05) is 34.6 Å². The number of amides is 1. The van der Waals surface area contributed by atoms with E-state index < -0.39 is 0 Å². The highest BCUT2D eigenvalue weighted by atomic mass is 16.1. The second-order valence-corrected chi connectivity index (χ2v) is 6.47. The minimum Gasteiger partial charge on any atom is -0.384 e. The Morgan fingerprint density at radius 2 is 1.95 bits per heavy atom. The van der Waals surface area contributed by atoms with Gasteiger partial charge in [-0.05, 0) is 5.92 Å². The van der Waals surface area contributed by atoms with Crippen molar-refractivity contribution in [3.05, 3.63) is 11.9 Å². The molecule has 1 aromatic heterocycles. The number of aromatic nitrogens is 2. The second kappa shape index (κ2) is 6.07. The van der Waals surface area contributed by atoms with Crippen molar-refractivity contribution in [1.82, 2.24) is 9.97 Å². The number of hydrogen-bond acceptors (Lipinski definition) is 5. The average Bonchev–Trinajstić information content (AvgIpc) is 2.24. The third-order valence-electron chi connectivity index (χ3n) is 2.66. The van der Waals surface area contributed by atoms with Crippen LogP contribution in [0.15, 0.2) is 6.07 Å². The molecule has 112 valence electrons. The number of primary amides is 1. The molecule has 0 radical (unpaired) electrons. The van der Waals surface area contributed by atoms with Gasteiger partial charge in [0.05, 0.1) is 6.54 Å². The van der Waals surface area contributed by atoms with Gasteiger partial charge < -0.3 is 16.4 Å². The Morgan fingerprint density at radius 1 is 1.35 bits per heavy atom. The monoisotopic (exact) mass is 279 g/mol. The summed E-state index contributed by atoms with van der Waals surface area (Å²) in [5.74, 6) is 1.70. The topological polar surface area (TPSA) is 98.1 Å². The molecule has 1 heterocycles. The van der Waals surface area contributed by atoms with Gasteiger partial charge >= 0.3 is 0 Å². The second-order valence-electron chi connectivity index (χ2n) is 6.47. The lowest BCUT2D eigenvalue weighted by Gasteiger charge is -2.26. The first-order valence-electron chi connectivity index (χ1n) is 6.78. The molecule has 0 spiro atoms. The Balaban J connectivity index is 3.18. The van der Waals surface area contributed by atoms with Crippen molar-refractivity contribution in [1.29, 1.82) is 0 Å². The first kappa shape index (κ1) is 16.2. The fraction of sp³-hybridized carbons (Fsp3) is 0.643. The molecule has 0 fully saturated rings. The van der Waals surface area contributed by atoms with Crippen molar-refractivity contribution in [2.45, 2.75) is 40.0 Å². The summed E-state index contributed by atoms with van der Waals surface area (Å²) in [5, 5.41) is 0. The Labute approximate surface area is 120 Å². The van der Waals surface area contributed by atoms with Crippen molar-refractivity contribution in [2.24, 2.45) is 11.7 Å². The van der Waals surface area contributed by atoms with Gasteiger partial charge in [-0.15, -0.1) is 0 Å². The summed E-state index contributed by atoms with van der Waals surface area (Å²) in [6.45, 7) is 11.0. The molecule has 6 nitrogen and oxygen atoms in total. The van der Waals surface area contributed by atoms with Crippen molar-refractivity contribution in [3.63, 3.8) is 0 Å². The van der Waals surface area contributed by atoms with E-state index in [9.17, 15) is 4.79 Å². The largest absolute Gasteiger partial charge is 0.384 e. The molecular weight excluding hydrogens is 254 g/mol. The number of hydrogen-bond donors (Lipinski definition) is 2. The predicted octanol–water partition coefficient (Wildman–Crippen LogP) is 1.30. The molecule has 0 aliphatic rings. The standard InChI is InChI=1S/C14H25N5O/c1-9(2)7-19(8-11(16)20)12-6-10(15)17-13(18-12)14(3,4)5/h6,9H,7-8H2,1-5H3,(H2,16,20)(H2,15,17,18). The highest BCUT2D eigenvalue weighted by Crippen LogP contribution is 2.23. The van der Waals surface area contributed by atoms with Crippen LogP contribution in [0.3, 0.4) is 0 Å². The van der Waals surface area contributed by atoms with Crippen LogP contribution >= 0.6 is 0 Å². The van der Waals surface area contributed by atoms with Crippen LogP contribution in [-0.2, 0) is 10.2 Å². The van der Waals surface area contributed by atoms with Gasteiger partial charge in [-0.2, -0.15) is 0 Å². The van der Waals surface area contributed by atoms with E-state index in [1.54, 1.807) is 6.07 Å². The maximum absolute atomic E-state index is 11.2. The summed E-state index contributed by atoms with van der Waals surface area (Å²) in [6, 6.07) is 1.68.